The zero-order chi connectivity index (χ0) is 32.2. The summed E-state index contributed by atoms with van der Waals surface area (Å²) in [7, 11) is -4.57. The molecule has 42 heavy (non-hydrogen) atoms. The van der Waals surface area contributed by atoms with Gasteiger partial charge in [0.2, 0.25) is 17.6 Å². The maximum Gasteiger partial charge on any atom is 0.522 e. The lowest BCUT2D eigenvalue weighted by Crippen LogP contribution is -2.55. The van der Waals surface area contributed by atoms with E-state index in [9.17, 15) is 32.3 Å². The fourth-order valence-electron chi connectivity index (χ4n) is 3.97. The van der Waals surface area contributed by atoms with Gasteiger partial charge in [-0.2, -0.15) is 21.6 Å². The lowest BCUT2D eigenvalue weighted by atomic mass is 9.98. The molecule has 0 aliphatic carbocycles. The summed E-state index contributed by atoms with van der Waals surface area (Å²) >= 11 is 0. The first-order valence-electron chi connectivity index (χ1n) is 12.7. The highest BCUT2D eigenvalue weighted by molar-refractivity contribution is 7.86. The number of ether oxygens (including phenoxy) is 1. The molecule has 1 aromatic carbocycles. The van der Waals surface area contributed by atoms with Gasteiger partial charge >= 0.3 is 21.6 Å². The van der Waals surface area contributed by atoms with Gasteiger partial charge in [-0.1, -0.05) is 27.7 Å². The number of oxazole rings is 1. The van der Waals surface area contributed by atoms with Crippen molar-refractivity contribution in [2.24, 2.45) is 17.6 Å². The molecule has 2 amide bonds. The topological polar surface area (TPSA) is 199 Å². The molecule has 1 aliphatic heterocycles. The third-order valence-electron chi connectivity index (χ3n) is 6.40. The van der Waals surface area contributed by atoms with E-state index in [1.165, 1.54) is 24.1 Å². The van der Waals surface area contributed by atoms with E-state index in [1.54, 1.807) is 19.9 Å². The Morgan fingerprint density at radius 2 is 1.76 bits per heavy atom. The highest BCUT2D eigenvalue weighted by Gasteiger charge is 2.44. The second-order valence-corrected chi connectivity index (χ2v) is 11.6. The molecule has 234 valence electrons. The number of nitrogens with one attached hydrogen (secondary N) is 1. The molecular weight excluding hydrogens is 589 g/mol. The van der Waals surface area contributed by atoms with Crippen molar-refractivity contribution in [3.8, 4) is 0 Å². The van der Waals surface area contributed by atoms with Crippen molar-refractivity contribution < 1.29 is 54.5 Å². The molecule has 0 saturated carbocycles. The fraction of sp³-hybridized carbons (Fsp3) is 0.560. The number of amides is 2. The third kappa shape index (κ3) is 8.25. The number of benzene rings is 1. The Hall–Kier alpha value is -3.57. The van der Waals surface area contributed by atoms with Crippen LogP contribution in [0.4, 0.5) is 13.2 Å². The highest BCUT2D eigenvalue weighted by Crippen LogP contribution is 2.23. The van der Waals surface area contributed by atoms with Crippen LogP contribution in [-0.4, -0.2) is 83.7 Å². The van der Waals surface area contributed by atoms with Crippen LogP contribution in [-0.2, 0) is 24.4 Å². The van der Waals surface area contributed by atoms with Crippen molar-refractivity contribution in [1.29, 1.82) is 0 Å². The summed E-state index contributed by atoms with van der Waals surface area (Å²) in [6, 6.07) is 2.26. The van der Waals surface area contributed by atoms with E-state index in [2.05, 4.69) is 10.3 Å². The monoisotopic (exact) mass is 622 g/mol. The highest BCUT2D eigenvalue weighted by atomic mass is 32.2. The van der Waals surface area contributed by atoms with E-state index in [0.29, 0.717) is 24.9 Å². The standard InChI is InChI=1S/C24H32N4O6.CHF3O3S/c1-12(2)18(25)23(31)28-10-6-7-16(28)21(30)27-19(13(3)4)20(29)22-26-15-9-8-14(24(32)33-5)11-17(15)34-22;2-1(3,4)8(5,6)7/h8-9,11-13,16,18-19H,6-7,10,25H2,1-5H3,(H,27,30);(H,5,6,7)/t16-,18-,19?;/m0./s1. The van der Waals surface area contributed by atoms with E-state index in [1.807, 2.05) is 13.8 Å². The van der Waals surface area contributed by atoms with Crippen LogP contribution in [0.5, 0.6) is 0 Å². The van der Waals surface area contributed by atoms with Crippen LogP contribution >= 0.6 is 0 Å². The van der Waals surface area contributed by atoms with Crippen LogP contribution in [0.25, 0.3) is 11.1 Å². The first kappa shape index (κ1) is 34.6. The van der Waals surface area contributed by atoms with Gasteiger partial charge in [-0.15, -0.1) is 0 Å². The molecule has 2 aromatic rings. The maximum absolute atomic E-state index is 13.2. The fourth-order valence-corrected chi connectivity index (χ4v) is 3.97. The Morgan fingerprint density at radius 3 is 2.26 bits per heavy atom. The summed E-state index contributed by atoms with van der Waals surface area (Å²) in [4.78, 5) is 56.6. The first-order chi connectivity index (χ1) is 19.3. The van der Waals surface area contributed by atoms with Crippen LogP contribution in [0.15, 0.2) is 22.6 Å². The van der Waals surface area contributed by atoms with Crippen molar-refractivity contribution in [3.63, 3.8) is 0 Å². The van der Waals surface area contributed by atoms with Crippen molar-refractivity contribution in [2.75, 3.05) is 13.7 Å². The molecule has 3 rings (SSSR count). The van der Waals surface area contributed by atoms with E-state index in [-0.39, 0.29) is 34.8 Å². The number of likely N-dealkylation sites (tertiary alicyclic amines) is 1. The van der Waals surface area contributed by atoms with E-state index in [0.717, 1.165) is 0 Å². The number of ketones is 1. The average Bonchev–Trinajstić information content (AvgIpc) is 3.56. The summed E-state index contributed by atoms with van der Waals surface area (Å²) in [6.07, 6.45) is 1.18. The predicted octanol–water partition coefficient (Wildman–Crippen LogP) is 2.31. The molecule has 1 fully saturated rings. The summed E-state index contributed by atoms with van der Waals surface area (Å²) in [5.74, 6) is -2.18. The van der Waals surface area contributed by atoms with Gasteiger partial charge in [0.25, 0.3) is 5.89 Å². The van der Waals surface area contributed by atoms with Crippen molar-refractivity contribution in [2.45, 2.75) is 64.2 Å². The minimum absolute atomic E-state index is 0.0549. The number of alkyl halides is 3. The summed E-state index contributed by atoms with van der Waals surface area (Å²) in [5, 5.41) is 2.80. The number of rotatable bonds is 8. The normalized spacial score (nSPS) is 17.0. The number of methoxy groups -OCH3 is 1. The van der Waals surface area contributed by atoms with Gasteiger partial charge in [0, 0.05) is 6.54 Å². The van der Waals surface area contributed by atoms with Crippen molar-refractivity contribution >= 4 is 44.8 Å². The maximum atomic E-state index is 13.2. The molecule has 1 unspecified atom stereocenters. The minimum atomic E-state index is -5.84. The molecule has 0 spiro atoms. The number of hydrogen-bond acceptors (Lipinski definition) is 10. The quantitative estimate of drug-likeness (QED) is 0.169. The van der Waals surface area contributed by atoms with Gasteiger partial charge < -0.3 is 25.1 Å². The molecule has 0 bridgehead atoms. The zero-order valence-electron chi connectivity index (χ0n) is 23.5. The second kappa shape index (κ2) is 13.6. The molecular formula is C25H33F3N4O9S. The average molecular weight is 623 g/mol. The Bertz CT molecular complexity index is 1420. The summed E-state index contributed by atoms with van der Waals surface area (Å²) in [5.41, 5.74) is 1.42. The van der Waals surface area contributed by atoms with Crippen LogP contribution in [0, 0.1) is 11.8 Å². The van der Waals surface area contributed by atoms with Crippen molar-refractivity contribution in [1.82, 2.24) is 15.2 Å². The molecule has 13 nitrogen and oxygen atoms in total. The van der Waals surface area contributed by atoms with Gasteiger partial charge in [-0.05, 0) is 42.9 Å². The number of nitrogens with zero attached hydrogens (tertiary/aromatic N) is 2. The number of halogens is 3. The molecule has 3 atom stereocenters. The Balaban J connectivity index is 0.000000675. The number of esters is 1. The van der Waals surface area contributed by atoms with E-state index in [4.69, 9.17) is 27.9 Å². The van der Waals surface area contributed by atoms with E-state index >= 15 is 0 Å². The predicted molar refractivity (Wildman–Crippen MR) is 142 cm³/mol. The first-order valence-corrected chi connectivity index (χ1v) is 14.2. The number of Topliss-reactive ketones (excluding diaryl/α,β-unsaturated/α-hetero) is 1. The lowest BCUT2D eigenvalue weighted by Gasteiger charge is -2.29. The molecule has 17 heteroatoms. The molecule has 2 heterocycles. The van der Waals surface area contributed by atoms with Crippen LogP contribution in [0.2, 0.25) is 0 Å². The smallest absolute Gasteiger partial charge is 0.465 e. The number of carbonyl (C=O) groups excluding carboxylic acids is 4. The summed E-state index contributed by atoms with van der Waals surface area (Å²) < 4.78 is 67.9. The van der Waals surface area contributed by atoms with Gasteiger partial charge in [-0.25, -0.2) is 9.78 Å². The molecule has 1 aliphatic rings. The number of hydrogen-bond donors (Lipinski definition) is 3. The number of carbonyl (C=O) groups is 4. The SMILES string of the molecule is COC(=O)c1ccc2nc(C(=O)C(NC(=O)[C@@H]3CCCN3C(=O)[C@@H](N)C(C)C)C(C)C)oc2c1.O=S(=O)(O)C(F)(F)F. The molecule has 1 saturated heterocycles. The second-order valence-electron chi connectivity index (χ2n) is 10.2. The minimum Gasteiger partial charge on any atom is -0.465 e. The van der Waals surface area contributed by atoms with Gasteiger partial charge in [0.15, 0.2) is 5.58 Å². The Kier molecular flexibility index (Phi) is 11.2. The van der Waals surface area contributed by atoms with Crippen LogP contribution < -0.4 is 11.1 Å². The third-order valence-corrected chi connectivity index (χ3v) is 6.99. The van der Waals surface area contributed by atoms with Crippen LogP contribution in [0.3, 0.4) is 0 Å². The lowest BCUT2D eigenvalue weighted by molar-refractivity contribution is -0.140. The van der Waals surface area contributed by atoms with Crippen molar-refractivity contribution in [3.05, 3.63) is 29.7 Å². The largest absolute Gasteiger partial charge is 0.522 e. The van der Waals surface area contributed by atoms with Gasteiger partial charge in [-0.3, -0.25) is 18.9 Å². The number of nitrogens with two attached hydrogens (primary N) is 1. The van der Waals surface area contributed by atoms with E-state index < -0.39 is 51.4 Å². The molecule has 4 N–H and O–H groups in total. The number of fused-ring (bicyclic) bond motifs is 1. The Labute approximate surface area is 239 Å². The zero-order valence-corrected chi connectivity index (χ0v) is 24.3. The molecule has 1 aromatic heterocycles. The Morgan fingerprint density at radius 1 is 1.17 bits per heavy atom. The molecule has 0 radical (unpaired) electrons. The van der Waals surface area contributed by atoms with Crippen LogP contribution in [0.1, 0.15) is 61.6 Å². The summed E-state index contributed by atoms with van der Waals surface area (Å²) in [6.45, 7) is 7.76. The van der Waals surface area contributed by atoms with Gasteiger partial charge in [0.1, 0.15) is 11.6 Å². The number of aromatic nitrogens is 1. The van der Waals surface area contributed by atoms with Gasteiger partial charge in [0.05, 0.1) is 24.8 Å².